The number of ether oxygens (including phenoxy) is 2. The van der Waals surface area contributed by atoms with Crippen molar-refractivity contribution < 1.29 is 19.1 Å². The Bertz CT molecular complexity index is 856. The molecule has 3 rings (SSSR count). The van der Waals surface area contributed by atoms with E-state index in [2.05, 4.69) is 0 Å². The van der Waals surface area contributed by atoms with Crippen LogP contribution in [0.15, 0.2) is 53.6 Å². The molecule has 134 valence electrons. The molecule has 0 fully saturated rings. The van der Waals surface area contributed by atoms with E-state index in [0.717, 1.165) is 11.3 Å². The van der Waals surface area contributed by atoms with Crippen molar-refractivity contribution >= 4 is 34.7 Å². The van der Waals surface area contributed by atoms with Gasteiger partial charge >= 0.3 is 0 Å². The van der Waals surface area contributed by atoms with Gasteiger partial charge < -0.3 is 9.47 Å². The third kappa shape index (κ3) is 3.30. The number of carbonyl (C=O) groups excluding carboxylic acids is 2. The van der Waals surface area contributed by atoms with E-state index in [1.807, 2.05) is 6.92 Å². The SMILES string of the molecule is CCCOc1ccc(C2=C(Cl)C(=O)N(c3ccc(OC)cc3)C2=O)cc1. The van der Waals surface area contributed by atoms with Gasteiger partial charge in [-0.05, 0) is 48.4 Å². The van der Waals surface area contributed by atoms with Crippen LogP contribution in [0, 0.1) is 0 Å². The standard InChI is InChI=1S/C20H18ClNO4/c1-3-12-26-16-8-4-13(5-9-16)17-18(21)20(24)22(19(17)23)14-6-10-15(25-2)11-7-14/h4-11H,3,12H2,1-2H3. The maximum atomic E-state index is 12.8. The summed E-state index contributed by atoms with van der Waals surface area (Å²) in [5.41, 5.74) is 1.21. The van der Waals surface area contributed by atoms with E-state index in [1.54, 1.807) is 55.6 Å². The largest absolute Gasteiger partial charge is 0.497 e. The quantitative estimate of drug-likeness (QED) is 0.720. The van der Waals surface area contributed by atoms with Gasteiger partial charge in [-0.2, -0.15) is 0 Å². The fraction of sp³-hybridized carbons (Fsp3) is 0.200. The van der Waals surface area contributed by atoms with Gasteiger partial charge in [-0.25, -0.2) is 4.90 Å². The van der Waals surface area contributed by atoms with Crippen LogP contribution in [0.2, 0.25) is 0 Å². The number of benzene rings is 2. The molecule has 1 aliphatic heterocycles. The molecule has 0 aliphatic carbocycles. The molecule has 0 N–H and O–H groups in total. The summed E-state index contributed by atoms with van der Waals surface area (Å²) in [7, 11) is 1.55. The highest BCUT2D eigenvalue weighted by Gasteiger charge is 2.39. The number of nitrogens with zero attached hydrogens (tertiary/aromatic N) is 1. The van der Waals surface area contributed by atoms with E-state index in [0.29, 0.717) is 29.4 Å². The predicted octanol–water partition coefficient (Wildman–Crippen LogP) is 4.01. The summed E-state index contributed by atoms with van der Waals surface area (Å²) in [6.07, 6.45) is 0.905. The topological polar surface area (TPSA) is 55.8 Å². The smallest absolute Gasteiger partial charge is 0.277 e. The number of imide groups is 1. The first-order chi connectivity index (χ1) is 12.6. The van der Waals surface area contributed by atoms with Crippen molar-refractivity contribution in [1.29, 1.82) is 0 Å². The Morgan fingerprint density at radius 1 is 0.923 bits per heavy atom. The van der Waals surface area contributed by atoms with Crippen LogP contribution in [0.25, 0.3) is 5.57 Å². The second-order valence-corrected chi connectivity index (χ2v) is 6.08. The molecule has 0 bridgehead atoms. The predicted molar refractivity (Wildman–Crippen MR) is 100 cm³/mol. The lowest BCUT2D eigenvalue weighted by molar-refractivity contribution is -0.119. The first-order valence-corrected chi connectivity index (χ1v) is 8.60. The normalized spacial score (nSPS) is 14.2. The van der Waals surface area contributed by atoms with Crippen LogP contribution in [-0.2, 0) is 9.59 Å². The Labute approximate surface area is 156 Å². The number of methoxy groups -OCH3 is 1. The molecule has 1 heterocycles. The first kappa shape index (κ1) is 18.0. The Kier molecular flexibility index (Phi) is 5.28. The van der Waals surface area contributed by atoms with E-state index in [-0.39, 0.29) is 10.6 Å². The van der Waals surface area contributed by atoms with E-state index in [4.69, 9.17) is 21.1 Å². The number of hydrogen-bond acceptors (Lipinski definition) is 4. The minimum Gasteiger partial charge on any atom is -0.497 e. The van der Waals surface area contributed by atoms with Gasteiger partial charge in [-0.15, -0.1) is 0 Å². The maximum Gasteiger partial charge on any atom is 0.277 e. The number of carbonyl (C=O) groups is 2. The minimum atomic E-state index is -0.539. The van der Waals surface area contributed by atoms with Crippen molar-refractivity contribution in [2.24, 2.45) is 0 Å². The lowest BCUT2D eigenvalue weighted by atomic mass is 10.1. The Balaban J connectivity index is 1.88. The summed E-state index contributed by atoms with van der Waals surface area (Å²) in [6.45, 7) is 2.64. The molecule has 2 aromatic carbocycles. The van der Waals surface area contributed by atoms with Crippen LogP contribution < -0.4 is 14.4 Å². The number of hydrogen-bond donors (Lipinski definition) is 0. The van der Waals surface area contributed by atoms with Gasteiger partial charge in [0.25, 0.3) is 11.8 Å². The average Bonchev–Trinajstić information content (AvgIpc) is 2.89. The molecule has 0 saturated carbocycles. The number of rotatable bonds is 6. The van der Waals surface area contributed by atoms with Crippen molar-refractivity contribution in [3.8, 4) is 11.5 Å². The Morgan fingerprint density at radius 2 is 1.54 bits per heavy atom. The van der Waals surface area contributed by atoms with Crippen molar-refractivity contribution in [3.05, 3.63) is 59.1 Å². The zero-order valence-corrected chi connectivity index (χ0v) is 15.2. The lowest BCUT2D eigenvalue weighted by Gasteiger charge is -2.15. The van der Waals surface area contributed by atoms with Crippen molar-refractivity contribution in [1.82, 2.24) is 0 Å². The Morgan fingerprint density at radius 3 is 2.12 bits per heavy atom. The van der Waals surface area contributed by atoms with Crippen LogP contribution in [-0.4, -0.2) is 25.5 Å². The van der Waals surface area contributed by atoms with Gasteiger partial charge in [0.15, 0.2) is 0 Å². The van der Waals surface area contributed by atoms with Crippen LogP contribution in [0.3, 0.4) is 0 Å². The summed E-state index contributed by atoms with van der Waals surface area (Å²) < 4.78 is 10.6. The number of halogens is 1. The van der Waals surface area contributed by atoms with Crippen molar-refractivity contribution in [3.63, 3.8) is 0 Å². The van der Waals surface area contributed by atoms with E-state index < -0.39 is 11.8 Å². The van der Waals surface area contributed by atoms with Gasteiger partial charge in [-0.3, -0.25) is 9.59 Å². The molecular weight excluding hydrogens is 354 g/mol. The van der Waals surface area contributed by atoms with Crippen molar-refractivity contribution in [2.75, 3.05) is 18.6 Å². The fourth-order valence-corrected chi connectivity index (χ4v) is 2.93. The zero-order valence-electron chi connectivity index (χ0n) is 14.5. The van der Waals surface area contributed by atoms with Crippen LogP contribution in [0.5, 0.6) is 11.5 Å². The molecule has 5 nitrogen and oxygen atoms in total. The zero-order chi connectivity index (χ0) is 18.7. The Hall–Kier alpha value is -2.79. The first-order valence-electron chi connectivity index (χ1n) is 8.22. The van der Waals surface area contributed by atoms with Gasteiger partial charge in [0.2, 0.25) is 0 Å². The van der Waals surface area contributed by atoms with E-state index >= 15 is 0 Å². The number of anilines is 1. The third-order valence-electron chi connectivity index (χ3n) is 3.97. The van der Waals surface area contributed by atoms with Crippen molar-refractivity contribution in [2.45, 2.75) is 13.3 Å². The fourth-order valence-electron chi connectivity index (χ4n) is 2.66. The molecule has 0 unspecified atom stereocenters. The van der Waals surface area contributed by atoms with Crippen LogP contribution in [0.1, 0.15) is 18.9 Å². The van der Waals surface area contributed by atoms with Gasteiger partial charge in [-0.1, -0.05) is 30.7 Å². The van der Waals surface area contributed by atoms with Gasteiger partial charge in [0.1, 0.15) is 16.5 Å². The molecule has 1 aliphatic rings. The molecule has 0 saturated heterocycles. The molecule has 6 heteroatoms. The summed E-state index contributed by atoms with van der Waals surface area (Å²) in [4.78, 5) is 26.4. The lowest BCUT2D eigenvalue weighted by Crippen LogP contribution is -2.31. The molecule has 2 aromatic rings. The van der Waals surface area contributed by atoms with Crippen LogP contribution >= 0.6 is 11.6 Å². The van der Waals surface area contributed by atoms with Gasteiger partial charge in [0, 0.05) is 0 Å². The van der Waals surface area contributed by atoms with Crippen LogP contribution in [0.4, 0.5) is 5.69 Å². The molecule has 0 spiro atoms. The van der Waals surface area contributed by atoms with E-state index in [1.165, 1.54) is 0 Å². The summed E-state index contributed by atoms with van der Waals surface area (Å²) >= 11 is 6.20. The average molecular weight is 372 g/mol. The highest BCUT2D eigenvalue weighted by Crippen LogP contribution is 2.35. The molecule has 26 heavy (non-hydrogen) atoms. The van der Waals surface area contributed by atoms with E-state index in [9.17, 15) is 9.59 Å². The second-order valence-electron chi connectivity index (χ2n) is 5.71. The molecular formula is C20H18ClNO4. The highest BCUT2D eigenvalue weighted by atomic mass is 35.5. The monoisotopic (exact) mass is 371 g/mol. The highest BCUT2D eigenvalue weighted by molar-refractivity contribution is 6.60. The second kappa shape index (κ2) is 7.62. The minimum absolute atomic E-state index is 0.0898. The summed E-state index contributed by atoms with van der Waals surface area (Å²) in [6, 6.07) is 13.6. The molecule has 2 amide bonds. The maximum absolute atomic E-state index is 12.8. The summed E-state index contributed by atoms with van der Waals surface area (Å²) in [5, 5.41) is -0.0898. The third-order valence-corrected chi connectivity index (χ3v) is 4.32. The summed E-state index contributed by atoms with van der Waals surface area (Å²) in [5.74, 6) is 0.349. The molecule has 0 aromatic heterocycles. The molecule has 0 radical (unpaired) electrons. The molecule has 0 atom stereocenters. The number of amides is 2. The van der Waals surface area contributed by atoms with Gasteiger partial charge in [0.05, 0.1) is 25.0 Å².